The molecule has 2 bridgehead atoms. The second-order valence-electron chi connectivity index (χ2n) is 8.74. The second kappa shape index (κ2) is 7.78. The van der Waals surface area contributed by atoms with Crippen LogP contribution in [0.4, 0.5) is 4.39 Å². The summed E-state index contributed by atoms with van der Waals surface area (Å²) in [7, 11) is 0. The van der Waals surface area contributed by atoms with Crippen LogP contribution >= 0.6 is 0 Å². The molecule has 1 aromatic carbocycles. The number of amides is 2. The highest BCUT2D eigenvalue weighted by atomic mass is 19.1. The van der Waals surface area contributed by atoms with Crippen LogP contribution in [-0.2, 0) is 11.2 Å². The van der Waals surface area contributed by atoms with Crippen LogP contribution in [-0.4, -0.2) is 57.0 Å². The van der Waals surface area contributed by atoms with Crippen molar-refractivity contribution < 1.29 is 14.0 Å². The number of likely N-dealkylation sites (tertiary alicyclic amines) is 1. The Hall–Kier alpha value is -2.83. The molecule has 2 amide bonds. The highest BCUT2D eigenvalue weighted by Gasteiger charge is 2.50. The van der Waals surface area contributed by atoms with Crippen molar-refractivity contribution in [1.82, 2.24) is 20.0 Å². The SMILES string of the molecule is O=C(c1cccnn1)N1C[C@H]2C[C@@H](C1)[C@H](Cc1cccc(F)c1)N1C(=O)CCC[C@@H]21. The molecule has 0 saturated carbocycles. The molecule has 0 aliphatic carbocycles. The van der Waals surface area contributed by atoms with E-state index in [1.807, 2.05) is 11.0 Å². The fourth-order valence-electron chi connectivity index (χ4n) is 5.69. The van der Waals surface area contributed by atoms with Gasteiger partial charge in [0.15, 0.2) is 5.69 Å². The van der Waals surface area contributed by atoms with Gasteiger partial charge < -0.3 is 9.80 Å². The van der Waals surface area contributed by atoms with Crippen molar-refractivity contribution in [3.63, 3.8) is 0 Å². The molecule has 5 rings (SSSR count). The van der Waals surface area contributed by atoms with Crippen molar-refractivity contribution in [2.75, 3.05) is 13.1 Å². The standard InChI is InChI=1S/C23H25FN4O2/c24-18-5-1-4-15(10-18)11-21-17-12-16(20-7-2-8-22(29)28(20)21)13-27(14-17)23(30)19-6-3-9-25-26-19/h1,3-6,9-10,16-17,20-21H,2,7-8,11-14H2/t16-,17+,20+,21+/m1/s1. The number of rotatable bonds is 3. The van der Waals surface area contributed by atoms with Crippen LogP contribution in [0.5, 0.6) is 0 Å². The molecule has 4 heterocycles. The molecule has 0 N–H and O–H groups in total. The van der Waals surface area contributed by atoms with Gasteiger partial charge in [0.25, 0.3) is 5.91 Å². The summed E-state index contributed by atoms with van der Waals surface area (Å²) in [5.41, 5.74) is 1.25. The van der Waals surface area contributed by atoms with Crippen LogP contribution in [0, 0.1) is 17.7 Å². The highest BCUT2D eigenvalue weighted by Crippen LogP contribution is 2.42. The van der Waals surface area contributed by atoms with Gasteiger partial charge in [0, 0.05) is 37.8 Å². The molecule has 156 valence electrons. The molecule has 3 aliphatic rings. The number of hydrogen-bond acceptors (Lipinski definition) is 4. The lowest BCUT2D eigenvalue weighted by Crippen LogP contribution is -2.66. The van der Waals surface area contributed by atoms with Gasteiger partial charge in [0.1, 0.15) is 5.82 Å². The van der Waals surface area contributed by atoms with Gasteiger partial charge in [-0.15, -0.1) is 5.10 Å². The Balaban J connectivity index is 1.45. The smallest absolute Gasteiger partial charge is 0.274 e. The summed E-state index contributed by atoms with van der Waals surface area (Å²) in [4.78, 5) is 30.0. The minimum Gasteiger partial charge on any atom is -0.337 e. The summed E-state index contributed by atoms with van der Waals surface area (Å²) in [5, 5.41) is 7.83. The number of carbonyl (C=O) groups excluding carboxylic acids is 2. The third-order valence-electron chi connectivity index (χ3n) is 6.91. The largest absolute Gasteiger partial charge is 0.337 e. The molecule has 3 saturated heterocycles. The van der Waals surface area contributed by atoms with Crippen molar-refractivity contribution in [3.05, 3.63) is 59.7 Å². The predicted molar refractivity (Wildman–Crippen MR) is 108 cm³/mol. The Morgan fingerprint density at radius 2 is 2.03 bits per heavy atom. The summed E-state index contributed by atoms with van der Waals surface area (Å²) in [6, 6.07) is 10.2. The molecule has 4 atom stereocenters. The van der Waals surface area contributed by atoms with Crippen LogP contribution in [0.25, 0.3) is 0 Å². The van der Waals surface area contributed by atoms with Gasteiger partial charge in [-0.25, -0.2) is 4.39 Å². The first-order valence-electron chi connectivity index (χ1n) is 10.7. The van der Waals surface area contributed by atoms with E-state index in [9.17, 15) is 14.0 Å². The molecule has 7 heteroatoms. The van der Waals surface area contributed by atoms with E-state index in [0.29, 0.717) is 31.6 Å². The molecule has 3 fully saturated rings. The maximum atomic E-state index is 13.8. The van der Waals surface area contributed by atoms with Crippen LogP contribution in [0.2, 0.25) is 0 Å². The van der Waals surface area contributed by atoms with Crippen LogP contribution < -0.4 is 0 Å². The number of halogens is 1. The normalized spacial score (nSPS) is 28.2. The summed E-state index contributed by atoms with van der Waals surface area (Å²) in [5.74, 6) is 0.295. The van der Waals surface area contributed by atoms with Gasteiger partial charge in [-0.05, 0) is 67.3 Å². The van der Waals surface area contributed by atoms with Crippen molar-refractivity contribution in [2.24, 2.45) is 11.8 Å². The number of piperidine rings is 3. The Bertz CT molecular complexity index is 953. The van der Waals surface area contributed by atoms with Crippen molar-refractivity contribution in [1.29, 1.82) is 0 Å². The number of carbonyl (C=O) groups is 2. The van der Waals surface area contributed by atoms with Gasteiger partial charge in [-0.1, -0.05) is 12.1 Å². The molecule has 0 spiro atoms. The fourth-order valence-corrected chi connectivity index (χ4v) is 5.69. The zero-order valence-corrected chi connectivity index (χ0v) is 16.8. The molecule has 0 unspecified atom stereocenters. The Morgan fingerprint density at radius 3 is 2.83 bits per heavy atom. The molecular weight excluding hydrogens is 383 g/mol. The molecule has 6 nitrogen and oxygen atoms in total. The highest BCUT2D eigenvalue weighted by molar-refractivity contribution is 5.92. The van der Waals surface area contributed by atoms with E-state index < -0.39 is 0 Å². The topological polar surface area (TPSA) is 66.4 Å². The number of benzene rings is 1. The maximum absolute atomic E-state index is 13.8. The lowest BCUT2D eigenvalue weighted by molar-refractivity contribution is -0.151. The zero-order valence-electron chi connectivity index (χ0n) is 16.8. The summed E-state index contributed by atoms with van der Waals surface area (Å²) in [6.07, 6.45) is 5.62. The molecule has 2 aromatic rings. The lowest BCUT2D eigenvalue weighted by Gasteiger charge is -2.56. The van der Waals surface area contributed by atoms with E-state index in [4.69, 9.17) is 0 Å². The van der Waals surface area contributed by atoms with Gasteiger partial charge in [0.2, 0.25) is 5.91 Å². The van der Waals surface area contributed by atoms with Gasteiger partial charge >= 0.3 is 0 Å². The predicted octanol–water partition coefficient (Wildman–Crippen LogP) is 2.70. The van der Waals surface area contributed by atoms with E-state index in [1.165, 1.54) is 6.07 Å². The van der Waals surface area contributed by atoms with Gasteiger partial charge in [-0.3, -0.25) is 9.59 Å². The average molecular weight is 408 g/mol. The quantitative estimate of drug-likeness (QED) is 0.783. The monoisotopic (exact) mass is 408 g/mol. The zero-order chi connectivity index (χ0) is 20.7. The Labute approximate surface area is 175 Å². The Morgan fingerprint density at radius 1 is 1.17 bits per heavy atom. The first-order chi connectivity index (χ1) is 14.6. The minimum atomic E-state index is -0.259. The number of fused-ring (bicyclic) bond motifs is 4. The lowest BCUT2D eigenvalue weighted by atomic mass is 9.70. The summed E-state index contributed by atoms with van der Waals surface area (Å²) < 4.78 is 13.8. The van der Waals surface area contributed by atoms with E-state index in [1.54, 1.807) is 30.5 Å². The van der Waals surface area contributed by atoms with Crippen LogP contribution in [0.1, 0.15) is 41.7 Å². The number of aromatic nitrogens is 2. The fraction of sp³-hybridized carbons (Fsp3) is 0.478. The first kappa shape index (κ1) is 19.2. The first-order valence-corrected chi connectivity index (χ1v) is 10.7. The summed E-state index contributed by atoms with van der Waals surface area (Å²) >= 11 is 0. The Kier molecular flexibility index (Phi) is 4.97. The van der Waals surface area contributed by atoms with Gasteiger partial charge in [-0.2, -0.15) is 5.10 Å². The number of hydrogen-bond donors (Lipinski definition) is 0. The van der Waals surface area contributed by atoms with Crippen LogP contribution in [0.15, 0.2) is 42.6 Å². The average Bonchev–Trinajstić information content (AvgIpc) is 2.77. The maximum Gasteiger partial charge on any atom is 0.274 e. The molecule has 30 heavy (non-hydrogen) atoms. The molecule has 3 aliphatic heterocycles. The molecule has 1 aromatic heterocycles. The van der Waals surface area contributed by atoms with Gasteiger partial charge in [0.05, 0.1) is 0 Å². The van der Waals surface area contributed by atoms with Crippen molar-refractivity contribution >= 4 is 11.8 Å². The van der Waals surface area contributed by atoms with Crippen molar-refractivity contribution in [2.45, 2.75) is 44.2 Å². The third kappa shape index (κ3) is 3.46. The van der Waals surface area contributed by atoms with E-state index in [2.05, 4.69) is 15.1 Å². The van der Waals surface area contributed by atoms with Crippen LogP contribution in [0.3, 0.4) is 0 Å². The van der Waals surface area contributed by atoms with E-state index in [-0.39, 0.29) is 41.6 Å². The minimum absolute atomic E-state index is 0.0155. The number of nitrogens with zero attached hydrogens (tertiary/aromatic N) is 4. The van der Waals surface area contributed by atoms with E-state index in [0.717, 1.165) is 24.8 Å². The third-order valence-corrected chi connectivity index (χ3v) is 6.91. The second-order valence-corrected chi connectivity index (χ2v) is 8.74. The molecular formula is C23H25FN4O2. The summed E-state index contributed by atoms with van der Waals surface area (Å²) in [6.45, 7) is 1.23. The molecule has 0 radical (unpaired) electrons. The van der Waals surface area contributed by atoms with E-state index >= 15 is 0 Å². The van der Waals surface area contributed by atoms with Crippen molar-refractivity contribution in [3.8, 4) is 0 Å².